The molecule has 12 aromatic rings. The highest BCUT2D eigenvalue weighted by molar-refractivity contribution is 6.23. The molecule has 12 aromatic carbocycles. The summed E-state index contributed by atoms with van der Waals surface area (Å²) >= 11 is 0. The molecule has 0 radical (unpaired) electrons. The molecule has 1 aliphatic carbocycles. The zero-order valence-corrected chi connectivity index (χ0v) is 37.5. The predicted molar refractivity (Wildman–Crippen MR) is 291 cm³/mol. The Kier molecular flexibility index (Phi) is 9.68. The summed E-state index contributed by atoms with van der Waals surface area (Å²) in [7, 11) is 0. The van der Waals surface area contributed by atoms with E-state index in [0.29, 0.717) is 0 Å². The lowest BCUT2D eigenvalue weighted by Gasteiger charge is -2.35. The van der Waals surface area contributed by atoms with Crippen LogP contribution in [0.2, 0.25) is 0 Å². The van der Waals surface area contributed by atoms with E-state index >= 15 is 0 Å². The van der Waals surface area contributed by atoms with Crippen molar-refractivity contribution in [2.45, 2.75) is 12.5 Å². The molecule has 0 heterocycles. The summed E-state index contributed by atoms with van der Waals surface area (Å²) in [5.74, 6) is 0. The molecule has 0 aliphatic heterocycles. The molecule has 0 saturated carbocycles. The third-order valence-corrected chi connectivity index (χ3v) is 14.1. The molecular weight excluding hydrogens is 821 g/mol. The first kappa shape index (κ1) is 39.6. The minimum atomic E-state index is 0.121. The molecule has 1 atom stereocenters. The second kappa shape index (κ2) is 16.6. The standard InChI is InChI=1S/C66H46N2/c1-3-23-55(24-4-1)67(57-33-31-47-17-9-13-21-51(47)41-57)59-35-37-61-63(43-59)65(53-29-27-45-15-7-11-19-49(45)39-53)62-38-36-60(44-64(62)66(61)54-30-28-46-16-8-12-20-50(46)40-54)68(56-25-5-2-6-26-56)58-34-32-48-18-10-14-22-52(48)42-58/h1-41,43-44,58H,42H2. The number of anilines is 5. The Balaban J connectivity index is 1.12. The Hall–Kier alpha value is -8.72. The van der Waals surface area contributed by atoms with Crippen LogP contribution in [0.5, 0.6) is 0 Å². The number of hydrogen-bond acceptors (Lipinski definition) is 2. The van der Waals surface area contributed by atoms with Crippen LogP contribution in [0.3, 0.4) is 0 Å². The molecule has 1 aliphatic rings. The lowest BCUT2D eigenvalue weighted by atomic mass is 9.84. The highest BCUT2D eigenvalue weighted by Gasteiger charge is 2.26. The Bertz CT molecular complexity index is 3910. The molecular formula is C66H46N2. The molecule has 0 fully saturated rings. The highest BCUT2D eigenvalue weighted by Crippen LogP contribution is 2.49. The molecule has 0 bridgehead atoms. The third kappa shape index (κ3) is 6.98. The number of benzene rings is 12. The number of rotatable bonds is 8. The second-order valence-corrected chi connectivity index (χ2v) is 18.1. The van der Waals surface area contributed by atoms with E-state index in [1.54, 1.807) is 0 Å². The smallest absolute Gasteiger partial charge is 0.0566 e. The van der Waals surface area contributed by atoms with Gasteiger partial charge in [-0.2, -0.15) is 0 Å². The average molecular weight is 867 g/mol. The van der Waals surface area contributed by atoms with E-state index in [1.165, 1.54) is 92.9 Å². The first-order chi connectivity index (χ1) is 33.7. The summed E-state index contributed by atoms with van der Waals surface area (Å²) in [6.07, 6.45) is 5.61. The fourth-order valence-electron chi connectivity index (χ4n) is 10.8. The van der Waals surface area contributed by atoms with Crippen molar-refractivity contribution in [2.75, 3.05) is 9.80 Å². The van der Waals surface area contributed by atoms with Crippen molar-refractivity contribution in [3.63, 3.8) is 0 Å². The van der Waals surface area contributed by atoms with Crippen LogP contribution >= 0.6 is 0 Å². The SMILES string of the molecule is C1=CC(N(c2ccccc2)c2ccc3c(-c4ccc5ccccc5c4)c4cc(N(c5ccccc5)c5ccc6ccccc6c5)ccc4c(-c4ccc5ccccc5c4)c3c2)Cc2ccccc21. The van der Waals surface area contributed by atoms with Crippen LogP contribution in [-0.2, 0) is 6.42 Å². The fraction of sp³-hybridized carbons (Fsp3) is 0.0303. The van der Waals surface area contributed by atoms with Crippen molar-refractivity contribution in [1.29, 1.82) is 0 Å². The van der Waals surface area contributed by atoms with E-state index in [4.69, 9.17) is 0 Å². The van der Waals surface area contributed by atoms with Crippen molar-refractivity contribution in [3.05, 3.63) is 266 Å². The normalized spacial score (nSPS) is 13.3. The molecule has 1 unspecified atom stereocenters. The summed E-state index contributed by atoms with van der Waals surface area (Å²) in [4.78, 5) is 4.95. The largest absolute Gasteiger partial charge is 0.334 e. The Morgan fingerprint density at radius 1 is 0.309 bits per heavy atom. The van der Waals surface area contributed by atoms with Gasteiger partial charge in [-0.1, -0.05) is 188 Å². The van der Waals surface area contributed by atoms with Crippen LogP contribution in [0.15, 0.2) is 255 Å². The Morgan fingerprint density at radius 2 is 0.765 bits per heavy atom. The lowest BCUT2D eigenvalue weighted by Crippen LogP contribution is -2.32. The summed E-state index contributed by atoms with van der Waals surface area (Å²) in [6, 6.07) is 91.9. The first-order valence-electron chi connectivity index (χ1n) is 23.7. The van der Waals surface area contributed by atoms with Crippen LogP contribution in [0.1, 0.15) is 11.1 Å². The van der Waals surface area contributed by atoms with Crippen molar-refractivity contribution in [2.24, 2.45) is 0 Å². The Morgan fingerprint density at radius 3 is 1.38 bits per heavy atom. The number of para-hydroxylation sites is 2. The van der Waals surface area contributed by atoms with Gasteiger partial charge >= 0.3 is 0 Å². The molecule has 13 rings (SSSR count). The zero-order chi connectivity index (χ0) is 45.0. The van der Waals surface area contributed by atoms with Crippen LogP contribution < -0.4 is 9.80 Å². The summed E-state index contributed by atoms with van der Waals surface area (Å²) in [5.41, 5.74) is 13.2. The van der Waals surface area contributed by atoms with E-state index in [9.17, 15) is 0 Å². The zero-order valence-electron chi connectivity index (χ0n) is 37.5. The molecule has 0 aromatic heterocycles. The monoisotopic (exact) mass is 866 g/mol. The second-order valence-electron chi connectivity index (χ2n) is 18.1. The third-order valence-electron chi connectivity index (χ3n) is 14.1. The van der Waals surface area contributed by atoms with E-state index < -0.39 is 0 Å². The summed E-state index contributed by atoms with van der Waals surface area (Å²) in [6.45, 7) is 0. The lowest BCUT2D eigenvalue weighted by molar-refractivity contribution is 0.767. The maximum absolute atomic E-state index is 2.54. The van der Waals surface area contributed by atoms with Gasteiger partial charge < -0.3 is 9.80 Å². The molecule has 0 N–H and O–H groups in total. The van der Waals surface area contributed by atoms with Gasteiger partial charge in [0, 0.05) is 28.4 Å². The van der Waals surface area contributed by atoms with Crippen LogP contribution in [0.4, 0.5) is 28.4 Å². The van der Waals surface area contributed by atoms with Crippen molar-refractivity contribution >= 4 is 88.4 Å². The van der Waals surface area contributed by atoms with E-state index in [-0.39, 0.29) is 6.04 Å². The van der Waals surface area contributed by atoms with Gasteiger partial charge in [-0.15, -0.1) is 0 Å². The van der Waals surface area contributed by atoms with E-state index in [0.717, 1.165) is 29.2 Å². The first-order valence-corrected chi connectivity index (χ1v) is 23.7. The quantitative estimate of drug-likeness (QED) is 0.140. The van der Waals surface area contributed by atoms with Crippen LogP contribution in [0.25, 0.3) is 82.2 Å². The van der Waals surface area contributed by atoms with Gasteiger partial charge in [-0.3, -0.25) is 0 Å². The van der Waals surface area contributed by atoms with Gasteiger partial charge in [0.15, 0.2) is 0 Å². The van der Waals surface area contributed by atoms with Gasteiger partial charge in [0.25, 0.3) is 0 Å². The van der Waals surface area contributed by atoms with Gasteiger partial charge in [0.1, 0.15) is 0 Å². The molecule has 2 heteroatoms. The molecule has 0 saturated heterocycles. The minimum Gasteiger partial charge on any atom is -0.334 e. The van der Waals surface area contributed by atoms with Crippen LogP contribution in [-0.4, -0.2) is 6.04 Å². The molecule has 68 heavy (non-hydrogen) atoms. The maximum Gasteiger partial charge on any atom is 0.0566 e. The molecule has 0 amide bonds. The Labute approximate surface area is 396 Å². The summed E-state index contributed by atoms with van der Waals surface area (Å²) < 4.78 is 0. The van der Waals surface area contributed by atoms with Crippen molar-refractivity contribution in [1.82, 2.24) is 0 Å². The fourth-order valence-corrected chi connectivity index (χ4v) is 10.8. The molecule has 0 spiro atoms. The van der Waals surface area contributed by atoms with E-state index in [2.05, 4.69) is 271 Å². The minimum absolute atomic E-state index is 0.121. The van der Waals surface area contributed by atoms with Crippen LogP contribution in [0, 0.1) is 0 Å². The topological polar surface area (TPSA) is 6.48 Å². The number of fused-ring (bicyclic) bond motifs is 6. The molecule has 320 valence electrons. The van der Waals surface area contributed by atoms with Gasteiger partial charge in [0.2, 0.25) is 0 Å². The maximum atomic E-state index is 2.54. The van der Waals surface area contributed by atoms with Crippen molar-refractivity contribution in [3.8, 4) is 22.3 Å². The molecule has 2 nitrogen and oxygen atoms in total. The van der Waals surface area contributed by atoms with Gasteiger partial charge in [-0.05, 0) is 166 Å². The predicted octanol–water partition coefficient (Wildman–Crippen LogP) is 18.0. The highest BCUT2D eigenvalue weighted by atomic mass is 15.2. The van der Waals surface area contributed by atoms with Gasteiger partial charge in [-0.25, -0.2) is 0 Å². The number of hydrogen-bond donors (Lipinski definition) is 0. The van der Waals surface area contributed by atoms with Crippen molar-refractivity contribution < 1.29 is 0 Å². The summed E-state index contributed by atoms with van der Waals surface area (Å²) in [5, 5.41) is 12.2. The average Bonchev–Trinajstić information content (AvgIpc) is 3.40. The van der Waals surface area contributed by atoms with E-state index in [1.807, 2.05) is 0 Å². The number of nitrogens with zero attached hydrogens (tertiary/aromatic N) is 2. The van der Waals surface area contributed by atoms with Gasteiger partial charge in [0.05, 0.1) is 6.04 Å².